The van der Waals surface area contributed by atoms with E-state index in [-0.39, 0.29) is 5.97 Å². The Bertz CT molecular complexity index is 462. The molecule has 2 heterocycles. The van der Waals surface area contributed by atoms with Gasteiger partial charge in [0.05, 0.1) is 26.9 Å². The summed E-state index contributed by atoms with van der Waals surface area (Å²) >= 11 is 0. The zero-order valence-electron chi connectivity index (χ0n) is 9.69. The molecule has 2 aliphatic rings. The Morgan fingerprint density at radius 1 is 1.41 bits per heavy atom. The number of ether oxygens (including phenoxy) is 3. The van der Waals surface area contributed by atoms with Gasteiger partial charge in [-0.15, -0.1) is 0 Å². The van der Waals surface area contributed by atoms with Crippen LogP contribution in [-0.2, 0) is 26.1 Å². The van der Waals surface area contributed by atoms with Gasteiger partial charge in [0.2, 0.25) is 0 Å². The number of benzene rings is 1. The van der Waals surface area contributed by atoms with E-state index in [1.165, 1.54) is 7.11 Å². The average Bonchev–Trinajstić information content (AvgIpc) is 2.74. The van der Waals surface area contributed by atoms with Crippen LogP contribution in [0.4, 0.5) is 0 Å². The van der Waals surface area contributed by atoms with E-state index in [1.54, 1.807) is 0 Å². The molecular weight excluding hydrogens is 220 g/mol. The predicted octanol–water partition coefficient (Wildman–Crippen LogP) is 1.06. The van der Waals surface area contributed by atoms with E-state index in [9.17, 15) is 4.79 Å². The first-order valence-electron chi connectivity index (χ1n) is 5.69. The van der Waals surface area contributed by atoms with Crippen molar-refractivity contribution in [1.82, 2.24) is 0 Å². The standard InChI is InChI=1S/C13H14O4/c1-15-12(14)13(7-16-8-13)10-2-3-11-9(6-10)4-5-17-11/h2-3,6H,4-5,7-8H2,1H3. The van der Waals surface area contributed by atoms with Crippen LogP contribution in [0.2, 0.25) is 0 Å². The van der Waals surface area contributed by atoms with Gasteiger partial charge >= 0.3 is 5.97 Å². The number of esters is 1. The average molecular weight is 234 g/mol. The highest BCUT2D eigenvalue weighted by atomic mass is 16.5. The number of rotatable bonds is 2. The van der Waals surface area contributed by atoms with Crippen molar-refractivity contribution in [2.45, 2.75) is 11.8 Å². The quantitative estimate of drug-likeness (QED) is 0.718. The molecule has 0 amide bonds. The molecule has 0 atom stereocenters. The molecule has 4 heteroatoms. The zero-order valence-corrected chi connectivity index (χ0v) is 9.69. The predicted molar refractivity (Wildman–Crippen MR) is 60.2 cm³/mol. The summed E-state index contributed by atoms with van der Waals surface area (Å²) in [6.07, 6.45) is 0.904. The van der Waals surface area contributed by atoms with Gasteiger partial charge in [0.25, 0.3) is 0 Å². The highest BCUT2D eigenvalue weighted by Crippen LogP contribution is 2.37. The molecule has 0 N–H and O–H groups in total. The van der Waals surface area contributed by atoms with Crippen LogP contribution in [0.3, 0.4) is 0 Å². The van der Waals surface area contributed by atoms with Crippen LogP contribution in [0.5, 0.6) is 5.75 Å². The molecule has 0 aliphatic carbocycles. The molecule has 17 heavy (non-hydrogen) atoms. The van der Waals surface area contributed by atoms with Crippen LogP contribution in [0.1, 0.15) is 11.1 Å². The lowest BCUT2D eigenvalue weighted by Crippen LogP contribution is -2.53. The highest BCUT2D eigenvalue weighted by molar-refractivity contribution is 5.84. The Labute approximate surface area is 99.5 Å². The Hall–Kier alpha value is -1.55. The number of methoxy groups -OCH3 is 1. The smallest absolute Gasteiger partial charge is 0.321 e. The molecule has 0 unspecified atom stereocenters. The van der Waals surface area contributed by atoms with Crippen LogP contribution in [0.15, 0.2) is 18.2 Å². The number of hydrogen-bond donors (Lipinski definition) is 0. The number of fused-ring (bicyclic) bond motifs is 1. The fraction of sp³-hybridized carbons (Fsp3) is 0.462. The fourth-order valence-electron chi connectivity index (χ4n) is 2.39. The van der Waals surface area contributed by atoms with Crippen molar-refractivity contribution < 1.29 is 19.0 Å². The molecule has 0 bridgehead atoms. The lowest BCUT2D eigenvalue weighted by molar-refractivity contribution is -0.166. The van der Waals surface area contributed by atoms with E-state index in [4.69, 9.17) is 14.2 Å². The maximum Gasteiger partial charge on any atom is 0.321 e. The van der Waals surface area contributed by atoms with Crippen molar-refractivity contribution in [3.8, 4) is 5.75 Å². The molecule has 1 aromatic rings. The first-order valence-corrected chi connectivity index (χ1v) is 5.69. The van der Waals surface area contributed by atoms with Gasteiger partial charge in [-0.3, -0.25) is 4.79 Å². The normalized spacial score (nSPS) is 20.1. The summed E-state index contributed by atoms with van der Waals surface area (Å²) in [6.45, 7) is 1.53. The van der Waals surface area contributed by atoms with Gasteiger partial charge in [-0.05, 0) is 17.2 Å². The summed E-state index contributed by atoms with van der Waals surface area (Å²) in [5, 5.41) is 0. The molecule has 0 radical (unpaired) electrons. The summed E-state index contributed by atoms with van der Waals surface area (Å²) in [6, 6.07) is 5.91. The van der Waals surface area contributed by atoms with Gasteiger partial charge in [-0.25, -0.2) is 0 Å². The summed E-state index contributed by atoms with van der Waals surface area (Å²) in [4.78, 5) is 11.9. The third-order valence-corrected chi connectivity index (χ3v) is 3.52. The molecule has 2 aliphatic heterocycles. The van der Waals surface area contributed by atoms with Crippen molar-refractivity contribution in [2.24, 2.45) is 0 Å². The summed E-state index contributed by atoms with van der Waals surface area (Å²) < 4.78 is 15.5. The van der Waals surface area contributed by atoms with Crippen molar-refractivity contribution >= 4 is 5.97 Å². The molecule has 1 aromatic carbocycles. The topological polar surface area (TPSA) is 44.8 Å². The molecule has 0 spiro atoms. The third kappa shape index (κ3) is 1.44. The number of carbonyl (C=O) groups is 1. The first-order chi connectivity index (χ1) is 8.26. The minimum atomic E-state index is -0.605. The first kappa shape index (κ1) is 10.6. The van der Waals surface area contributed by atoms with Crippen LogP contribution in [0, 0.1) is 0 Å². The molecule has 4 nitrogen and oxygen atoms in total. The van der Waals surface area contributed by atoms with Crippen LogP contribution >= 0.6 is 0 Å². The van der Waals surface area contributed by atoms with E-state index in [2.05, 4.69) is 0 Å². The van der Waals surface area contributed by atoms with Crippen LogP contribution < -0.4 is 4.74 Å². The van der Waals surface area contributed by atoms with Crippen molar-refractivity contribution in [2.75, 3.05) is 26.9 Å². The van der Waals surface area contributed by atoms with Gasteiger partial charge in [-0.2, -0.15) is 0 Å². The molecule has 0 saturated carbocycles. The summed E-state index contributed by atoms with van der Waals surface area (Å²) in [7, 11) is 1.42. The molecule has 0 aromatic heterocycles. The van der Waals surface area contributed by atoms with E-state index in [1.807, 2.05) is 18.2 Å². The minimum Gasteiger partial charge on any atom is -0.493 e. The van der Waals surface area contributed by atoms with Gasteiger partial charge in [0.15, 0.2) is 0 Å². The van der Waals surface area contributed by atoms with E-state index in [0.29, 0.717) is 13.2 Å². The van der Waals surface area contributed by atoms with Crippen LogP contribution in [0.25, 0.3) is 0 Å². The lowest BCUT2D eigenvalue weighted by Gasteiger charge is -2.39. The van der Waals surface area contributed by atoms with E-state index >= 15 is 0 Å². The Morgan fingerprint density at radius 2 is 2.24 bits per heavy atom. The lowest BCUT2D eigenvalue weighted by atomic mass is 9.78. The minimum absolute atomic E-state index is 0.220. The SMILES string of the molecule is COC(=O)C1(c2ccc3c(c2)CCO3)COC1. The third-order valence-electron chi connectivity index (χ3n) is 3.52. The van der Waals surface area contributed by atoms with Crippen molar-refractivity contribution in [3.05, 3.63) is 29.3 Å². The monoisotopic (exact) mass is 234 g/mol. The Kier molecular flexibility index (Phi) is 2.33. The molecule has 1 saturated heterocycles. The van der Waals surface area contributed by atoms with Gasteiger partial charge in [0, 0.05) is 6.42 Å². The highest BCUT2D eigenvalue weighted by Gasteiger charge is 2.49. The molecule has 90 valence electrons. The van der Waals surface area contributed by atoms with Crippen molar-refractivity contribution in [3.63, 3.8) is 0 Å². The molecule has 3 rings (SSSR count). The molecular formula is C13H14O4. The molecule has 1 fully saturated rings. The van der Waals surface area contributed by atoms with E-state index < -0.39 is 5.41 Å². The van der Waals surface area contributed by atoms with Crippen LogP contribution in [-0.4, -0.2) is 32.9 Å². The number of hydrogen-bond acceptors (Lipinski definition) is 4. The van der Waals surface area contributed by atoms with Crippen molar-refractivity contribution in [1.29, 1.82) is 0 Å². The second-order valence-electron chi connectivity index (χ2n) is 4.49. The maximum atomic E-state index is 11.9. The second-order valence-corrected chi connectivity index (χ2v) is 4.49. The summed E-state index contributed by atoms with van der Waals surface area (Å²) in [5.41, 5.74) is 1.53. The zero-order chi connectivity index (χ0) is 11.9. The fourth-order valence-corrected chi connectivity index (χ4v) is 2.39. The Morgan fingerprint density at radius 3 is 2.88 bits per heavy atom. The van der Waals surface area contributed by atoms with Gasteiger partial charge in [0.1, 0.15) is 11.2 Å². The van der Waals surface area contributed by atoms with E-state index in [0.717, 1.165) is 29.9 Å². The summed E-state index contributed by atoms with van der Waals surface area (Å²) in [5.74, 6) is 0.705. The van der Waals surface area contributed by atoms with Gasteiger partial charge < -0.3 is 14.2 Å². The number of carbonyl (C=O) groups excluding carboxylic acids is 1. The van der Waals surface area contributed by atoms with Gasteiger partial charge in [-0.1, -0.05) is 12.1 Å². The maximum absolute atomic E-state index is 11.9. The largest absolute Gasteiger partial charge is 0.493 e. The second kappa shape index (κ2) is 3.74. The Balaban J connectivity index is 2.00.